The van der Waals surface area contributed by atoms with Crippen LogP contribution in [0.15, 0.2) is 23.1 Å². The first-order valence-corrected chi connectivity index (χ1v) is 9.30. The lowest BCUT2D eigenvalue weighted by molar-refractivity contribution is -0.140. The van der Waals surface area contributed by atoms with Crippen LogP contribution >= 0.6 is 0 Å². The van der Waals surface area contributed by atoms with Gasteiger partial charge in [0.05, 0.1) is 23.7 Å². The minimum Gasteiger partial charge on any atom is -0.480 e. The summed E-state index contributed by atoms with van der Waals surface area (Å²) in [6.45, 7) is 2.04. The monoisotopic (exact) mass is 371 g/mol. The lowest BCUT2D eigenvalue weighted by atomic mass is 10.1. The van der Waals surface area contributed by atoms with Gasteiger partial charge < -0.3 is 14.6 Å². The van der Waals surface area contributed by atoms with Crippen molar-refractivity contribution >= 4 is 22.0 Å². The molecule has 138 valence electrons. The second-order valence-electron chi connectivity index (χ2n) is 5.63. The molecular weight excluding hydrogens is 350 g/mol. The van der Waals surface area contributed by atoms with Crippen molar-refractivity contribution in [1.29, 1.82) is 0 Å². The highest BCUT2D eigenvalue weighted by Crippen LogP contribution is 2.28. The first-order chi connectivity index (χ1) is 11.8. The molecule has 1 saturated heterocycles. The van der Waals surface area contributed by atoms with E-state index in [0.717, 1.165) is 4.31 Å². The summed E-state index contributed by atoms with van der Waals surface area (Å²) in [5, 5.41) is 9.25. The maximum absolute atomic E-state index is 12.9. The number of carboxylic acid groups (broad SMARTS) is 1. The van der Waals surface area contributed by atoms with Gasteiger partial charge >= 0.3 is 11.9 Å². The van der Waals surface area contributed by atoms with Gasteiger partial charge in [-0.1, -0.05) is 0 Å². The second-order valence-corrected chi connectivity index (χ2v) is 7.52. The molecule has 25 heavy (non-hydrogen) atoms. The first kappa shape index (κ1) is 19.4. The predicted octanol–water partition coefficient (Wildman–Crippen LogP) is 1.25. The molecule has 1 aliphatic rings. The maximum atomic E-state index is 12.9. The van der Waals surface area contributed by atoms with Crippen LogP contribution in [-0.2, 0) is 30.9 Å². The number of hydrogen-bond acceptors (Lipinski definition) is 6. The SMILES string of the molecule is CCOC(=O)c1cc(COC)cc(S(=O)(=O)N2CCCC2C(=O)O)c1. The van der Waals surface area contributed by atoms with Crippen LogP contribution in [0.1, 0.15) is 35.7 Å². The third kappa shape index (κ3) is 4.17. The van der Waals surface area contributed by atoms with Crippen molar-refractivity contribution in [3.63, 3.8) is 0 Å². The molecule has 1 aliphatic heterocycles. The largest absolute Gasteiger partial charge is 0.480 e. The molecule has 0 spiro atoms. The molecule has 9 heteroatoms. The molecule has 1 fully saturated rings. The van der Waals surface area contributed by atoms with Crippen LogP contribution in [0.2, 0.25) is 0 Å². The number of hydrogen-bond donors (Lipinski definition) is 1. The summed E-state index contributed by atoms with van der Waals surface area (Å²) < 4.78 is 36.7. The minimum atomic E-state index is -4.06. The van der Waals surface area contributed by atoms with Crippen LogP contribution in [0.5, 0.6) is 0 Å². The Bertz CT molecular complexity index is 760. The number of rotatable bonds is 7. The fourth-order valence-corrected chi connectivity index (χ4v) is 4.55. The van der Waals surface area contributed by atoms with Crippen LogP contribution in [0.3, 0.4) is 0 Å². The van der Waals surface area contributed by atoms with E-state index < -0.39 is 28.0 Å². The van der Waals surface area contributed by atoms with E-state index in [1.807, 2.05) is 0 Å². The Morgan fingerprint density at radius 1 is 1.32 bits per heavy atom. The molecule has 0 aliphatic carbocycles. The first-order valence-electron chi connectivity index (χ1n) is 7.86. The summed E-state index contributed by atoms with van der Waals surface area (Å²) >= 11 is 0. The van der Waals surface area contributed by atoms with Gasteiger partial charge in [-0.25, -0.2) is 13.2 Å². The van der Waals surface area contributed by atoms with E-state index in [1.54, 1.807) is 6.92 Å². The standard InChI is InChI=1S/C16H21NO7S/c1-3-24-16(20)12-7-11(10-23-2)8-13(9-12)25(21,22)17-6-4-5-14(17)15(18)19/h7-9,14H,3-6,10H2,1-2H3,(H,18,19). The van der Waals surface area contributed by atoms with E-state index in [9.17, 15) is 23.1 Å². The lowest BCUT2D eigenvalue weighted by Crippen LogP contribution is -2.40. The Morgan fingerprint density at radius 2 is 2.04 bits per heavy atom. The average Bonchev–Trinajstić information content (AvgIpc) is 3.06. The lowest BCUT2D eigenvalue weighted by Gasteiger charge is -2.21. The van der Waals surface area contributed by atoms with E-state index in [1.165, 1.54) is 25.3 Å². The Balaban J connectivity index is 2.48. The molecule has 1 unspecified atom stereocenters. The number of methoxy groups -OCH3 is 1. The molecule has 0 saturated carbocycles. The Hall–Kier alpha value is -1.97. The normalized spacial score (nSPS) is 18.2. The molecular formula is C16H21NO7S. The quantitative estimate of drug-likeness (QED) is 0.718. The molecule has 1 heterocycles. The third-order valence-corrected chi connectivity index (χ3v) is 5.77. The van der Waals surface area contributed by atoms with Crippen molar-refractivity contribution in [2.24, 2.45) is 0 Å². The smallest absolute Gasteiger partial charge is 0.338 e. The highest BCUT2D eigenvalue weighted by Gasteiger charge is 2.39. The van der Waals surface area contributed by atoms with Crippen molar-refractivity contribution < 1.29 is 32.6 Å². The van der Waals surface area contributed by atoms with Gasteiger partial charge in [-0.05, 0) is 43.5 Å². The number of carbonyl (C=O) groups is 2. The van der Waals surface area contributed by atoms with Gasteiger partial charge in [0.1, 0.15) is 6.04 Å². The fourth-order valence-electron chi connectivity index (χ4n) is 2.80. The number of carbonyl (C=O) groups excluding carboxylic acids is 1. The zero-order chi connectivity index (χ0) is 18.6. The summed E-state index contributed by atoms with van der Waals surface area (Å²) in [5.74, 6) is -1.83. The molecule has 0 amide bonds. The van der Waals surface area contributed by atoms with Crippen molar-refractivity contribution in [3.8, 4) is 0 Å². The molecule has 1 atom stereocenters. The van der Waals surface area contributed by atoms with Gasteiger partial charge in [0.2, 0.25) is 10.0 Å². The van der Waals surface area contributed by atoms with Gasteiger partial charge in [0, 0.05) is 13.7 Å². The summed E-state index contributed by atoms with van der Waals surface area (Å²) in [5.41, 5.74) is 0.568. The number of benzene rings is 1. The number of carboxylic acids is 1. The highest BCUT2D eigenvalue weighted by molar-refractivity contribution is 7.89. The predicted molar refractivity (Wildman–Crippen MR) is 87.7 cm³/mol. The summed E-state index contributed by atoms with van der Waals surface area (Å²) in [6.07, 6.45) is 0.732. The molecule has 1 aromatic rings. The van der Waals surface area contributed by atoms with E-state index in [4.69, 9.17) is 9.47 Å². The van der Waals surface area contributed by atoms with Crippen molar-refractivity contribution in [3.05, 3.63) is 29.3 Å². The van der Waals surface area contributed by atoms with Gasteiger partial charge in [0.15, 0.2) is 0 Å². The van der Waals surface area contributed by atoms with Gasteiger partial charge in [0.25, 0.3) is 0 Å². The van der Waals surface area contributed by atoms with Crippen molar-refractivity contribution in [2.75, 3.05) is 20.3 Å². The van der Waals surface area contributed by atoms with Crippen LogP contribution in [0.25, 0.3) is 0 Å². The van der Waals surface area contributed by atoms with E-state index in [0.29, 0.717) is 12.0 Å². The Morgan fingerprint density at radius 3 is 2.64 bits per heavy atom. The summed E-state index contributed by atoms with van der Waals surface area (Å²) in [6, 6.07) is 3.00. The number of aliphatic carboxylic acids is 1. The van der Waals surface area contributed by atoms with Crippen molar-refractivity contribution in [2.45, 2.75) is 37.3 Å². The average molecular weight is 371 g/mol. The number of ether oxygens (including phenoxy) is 2. The third-order valence-electron chi connectivity index (χ3n) is 3.88. The van der Waals surface area contributed by atoms with Gasteiger partial charge in [-0.15, -0.1) is 0 Å². The van der Waals surface area contributed by atoms with E-state index in [2.05, 4.69) is 0 Å². The Kier molecular flexibility index (Phi) is 6.15. The number of sulfonamides is 1. The molecule has 1 aromatic carbocycles. The van der Waals surface area contributed by atoms with Crippen LogP contribution in [0, 0.1) is 0 Å². The van der Waals surface area contributed by atoms with Crippen LogP contribution in [-0.4, -0.2) is 56.1 Å². The van der Waals surface area contributed by atoms with Crippen LogP contribution in [0.4, 0.5) is 0 Å². The van der Waals surface area contributed by atoms with Gasteiger partial charge in [-0.3, -0.25) is 4.79 Å². The molecule has 0 bridgehead atoms. The van der Waals surface area contributed by atoms with Gasteiger partial charge in [-0.2, -0.15) is 4.31 Å². The van der Waals surface area contributed by atoms with E-state index >= 15 is 0 Å². The topological polar surface area (TPSA) is 110 Å². The molecule has 8 nitrogen and oxygen atoms in total. The molecule has 2 rings (SSSR count). The highest BCUT2D eigenvalue weighted by atomic mass is 32.2. The zero-order valence-electron chi connectivity index (χ0n) is 14.1. The minimum absolute atomic E-state index is 0.0843. The van der Waals surface area contributed by atoms with E-state index in [-0.39, 0.29) is 36.6 Å². The maximum Gasteiger partial charge on any atom is 0.338 e. The van der Waals surface area contributed by atoms with Crippen LogP contribution < -0.4 is 0 Å². The molecule has 1 N–H and O–H groups in total. The molecule has 0 radical (unpaired) electrons. The summed E-state index contributed by atoms with van der Waals surface area (Å²) in [7, 11) is -2.60. The summed E-state index contributed by atoms with van der Waals surface area (Å²) in [4.78, 5) is 23.2. The number of nitrogens with zero attached hydrogens (tertiary/aromatic N) is 1. The van der Waals surface area contributed by atoms with Crippen molar-refractivity contribution in [1.82, 2.24) is 4.31 Å². The zero-order valence-corrected chi connectivity index (χ0v) is 14.9. The Labute approximate surface area is 146 Å². The number of esters is 1. The fraction of sp³-hybridized carbons (Fsp3) is 0.500. The molecule has 0 aromatic heterocycles. The second kappa shape index (κ2) is 7.94.